The van der Waals surface area contributed by atoms with E-state index in [0.29, 0.717) is 25.3 Å². The summed E-state index contributed by atoms with van der Waals surface area (Å²) in [5, 5.41) is 10.2. The fourth-order valence-corrected chi connectivity index (χ4v) is 4.85. The minimum Gasteiger partial charge on any atom is -0.491 e. The maximum Gasteiger partial charge on any atom is 0.253 e. The van der Waals surface area contributed by atoms with Gasteiger partial charge in [-0.3, -0.25) is 9.69 Å². The first-order valence-electron chi connectivity index (χ1n) is 11.7. The monoisotopic (exact) mass is 440 g/mol. The zero-order valence-corrected chi connectivity index (χ0v) is 18.6. The lowest BCUT2D eigenvalue weighted by atomic mass is 9.75. The van der Waals surface area contributed by atoms with Gasteiger partial charge < -0.3 is 14.7 Å². The molecule has 0 aliphatic carbocycles. The molecule has 172 valence electrons. The third-order valence-electron chi connectivity index (χ3n) is 7.00. The number of benzene rings is 2. The van der Waals surface area contributed by atoms with E-state index >= 15 is 0 Å². The molecular formula is C26H33FN2O3. The maximum atomic E-state index is 13.3. The average Bonchev–Trinajstić information content (AvgIpc) is 2.83. The van der Waals surface area contributed by atoms with E-state index in [2.05, 4.69) is 11.0 Å². The number of piperidine rings is 1. The zero-order chi connectivity index (χ0) is 22.4. The van der Waals surface area contributed by atoms with Crippen LogP contribution in [0.2, 0.25) is 0 Å². The fourth-order valence-electron chi connectivity index (χ4n) is 4.85. The summed E-state index contributed by atoms with van der Waals surface area (Å²) >= 11 is 0. The van der Waals surface area contributed by atoms with Crippen molar-refractivity contribution in [1.82, 2.24) is 9.80 Å². The summed E-state index contributed by atoms with van der Waals surface area (Å²) in [6, 6.07) is 13.8. The van der Waals surface area contributed by atoms with Gasteiger partial charge in [-0.05, 0) is 74.5 Å². The number of para-hydroxylation sites is 1. The van der Waals surface area contributed by atoms with Gasteiger partial charge in [0, 0.05) is 30.8 Å². The molecule has 0 unspecified atom stereocenters. The second-order valence-electron chi connectivity index (χ2n) is 9.15. The molecule has 3 aliphatic rings. The highest BCUT2D eigenvalue weighted by molar-refractivity contribution is 5.94. The molecule has 0 radical (unpaired) electrons. The van der Waals surface area contributed by atoms with Crippen LogP contribution < -0.4 is 4.74 Å². The standard InChI is InChI=1S/C26H33FN2O3/c27-23-9-7-21(8-10-23)25(31)29-14-4-3-11-26(20-30)12-15-28(16-13-26)19-22-5-1-2-6-24(22)32-18-17-29/h1-2,5-10,30H,3-4,11-20H2. The Balaban J connectivity index is 1.53. The molecule has 3 aliphatic heterocycles. The summed E-state index contributed by atoms with van der Waals surface area (Å²) in [5.74, 6) is 0.407. The summed E-state index contributed by atoms with van der Waals surface area (Å²) in [6.45, 7) is 4.50. The predicted octanol–water partition coefficient (Wildman–Crippen LogP) is 4.11. The quantitative estimate of drug-likeness (QED) is 0.764. The van der Waals surface area contributed by atoms with Crippen LogP contribution in [-0.2, 0) is 6.54 Å². The topological polar surface area (TPSA) is 53.0 Å². The van der Waals surface area contributed by atoms with Crippen molar-refractivity contribution >= 4 is 5.91 Å². The van der Waals surface area contributed by atoms with Crippen LogP contribution in [-0.4, -0.2) is 60.2 Å². The molecule has 5 rings (SSSR count). The van der Waals surface area contributed by atoms with Crippen LogP contribution in [0.3, 0.4) is 0 Å². The molecule has 2 aromatic carbocycles. The number of fused-ring (bicyclic) bond motifs is 9. The Bertz CT molecular complexity index is 894. The van der Waals surface area contributed by atoms with Crippen LogP contribution in [0.25, 0.3) is 0 Å². The van der Waals surface area contributed by atoms with E-state index in [1.54, 1.807) is 0 Å². The van der Waals surface area contributed by atoms with E-state index < -0.39 is 0 Å². The SMILES string of the molecule is O=C(c1ccc(F)cc1)N1CCCCC2(CO)CCN(CC2)Cc2ccccc2OCC1. The van der Waals surface area contributed by atoms with E-state index in [1.165, 1.54) is 24.3 Å². The Hall–Kier alpha value is -2.44. The number of nitrogens with zero attached hydrogens (tertiary/aromatic N) is 2. The number of hydrogen-bond acceptors (Lipinski definition) is 4. The smallest absolute Gasteiger partial charge is 0.253 e. The molecule has 32 heavy (non-hydrogen) atoms. The van der Waals surface area contributed by atoms with Crippen molar-refractivity contribution in [2.75, 3.05) is 39.4 Å². The van der Waals surface area contributed by atoms with E-state index in [9.17, 15) is 14.3 Å². The van der Waals surface area contributed by atoms with Crippen molar-refractivity contribution in [3.05, 3.63) is 65.5 Å². The van der Waals surface area contributed by atoms with Crippen LogP contribution in [0, 0.1) is 11.2 Å². The number of halogens is 1. The number of carbonyl (C=O) groups excluding carboxylic acids is 1. The van der Waals surface area contributed by atoms with Crippen LogP contribution >= 0.6 is 0 Å². The molecule has 0 aromatic heterocycles. The number of rotatable bonds is 2. The minimum absolute atomic E-state index is 0.0154. The summed E-state index contributed by atoms with van der Waals surface area (Å²) < 4.78 is 19.4. The summed E-state index contributed by atoms with van der Waals surface area (Å²) in [5.41, 5.74) is 1.62. The molecule has 0 saturated carbocycles. The molecule has 1 saturated heterocycles. The second kappa shape index (κ2) is 10.5. The van der Waals surface area contributed by atoms with Gasteiger partial charge in [-0.25, -0.2) is 4.39 Å². The molecule has 2 aromatic rings. The normalized spacial score (nSPS) is 24.7. The van der Waals surface area contributed by atoms with Crippen LogP contribution in [0.15, 0.2) is 48.5 Å². The third-order valence-corrected chi connectivity index (χ3v) is 7.00. The fraction of sp³-hybridized carbons (Fsp3) is 0.500. The Morgan fingerprint density at radius 2 is 1.72 bits per heavy atom. The number of hydrogen-bond donors (Lipinski definition) is 1. The third kappa shape index (κ3) is 5.48. The van der Waals surface area contributed by atoms with Gasteiger partial charge in [-0.2, -0.15) is 0 Å². The van der Waals surface area contributed by atoms with E-state index in [1.807, 2.05) is 23.1 Å². The van der Waals surface area contributed by atoms with Crippen molar-refractivity contribution in [3.63, 3.8) is 0 Å². The van der Waals surface area contributed by atoms with E-state index in [4.69, 9.17) is 4.74 Å². The van der Waals surface area contributed by atoms with Gasteiger partial charge in [-0.15, -0.1) is 0 Å². The van der Waals surface area contributed by atoms with Gasteiger partial charge >= 0.3 is 0 Å². The molecule has 1 amide bonds. The van der Waals surface area contributed by atoms with Crippen molar-refractivity contribution in [3.8, 4) is 5.75 Å². The van der Waals surface area contributed by atoms with E-state index in [-0.39, 0.29) is 23.7 Å². The molecular weight excluding hydrogens is 407 g/mol. The highest BCUT2D eigenvalue weighted by Crippen LogP contribution is 2.37. The molecule has 2 bridgehead atoms. The Morgan fingerprint density at radius 1 is 0.969 bits per heavy atom. The van der Waals surface area contributed by atoms with Crippen LogP contribution in [0.1, 0.15) is 48.0 Å². The number of amides is 1. The predicted molar refractivity (Wildman–Crippen MR) is 122 cm³/mol. The Morgan fingerprint density at radius 3 is 2.47 bits per heavy atom. The molecule has 6 heteroatoms. The van der Waals surface area contributed by atoms with E-state index in [0.717, 1.165) is 63.1 Å². The number of ether oxygens (including phenoxy) is 1. The van der Waals surface area contributed by atoms with Crippen molar-refractivity contribution in [2.24, 2.45) is 5.41 Å². The largest absolute Gasteiger partial charge is 0.491 e. The van der Waals surface area contributed by atoms with Crippen LogP contribution in [0.4, 0.5) is 4.39 Å². The van der Waals surface area contributed by atoms with Gasteiger partial charge in [-0.1, -0.05) is 24.6 Å². The molecule has 0 spiro atoms. The average molecular weight is 441 g/mol. The first-order valence-corrected chi connectivity index (χ1v) is 11.7. The van der Waals surface area contributed by atoms with Gasteiger partial charge in [0.15, 0.2) is 0 Å². The Labute approximate surface area is 189 Å². The van der Waals surface area contributed by atoms with Gasteiger partial charge in [0.1, 0.15) is 18.2 Å². The maximum absolute atomic E-state index is 13.3. The highest BCUT2D eigenvalue weighted by atomic mass is 19.1. The lowest BCUT2D eigenvalue weighted by Gasteiger charge is -2.41. The molecule has 1 N–H and O–H groups in total. The summed E-state index contributed by atoms with van der Waals surface area (Å²) in [7, 11) is 0. The first-order chi connectivity index (χ1) is 15.6. The van der Waals surface area contributed by atoms with Crippen molar-refractivity contribution in [2.45, 2.75) is 38.6 Å². The Kier molecular flexibility index (Phi) is 7.43. The molecule has 5 nitrogen and oxygen atoms in total. The minimum atomic E-state index is -0.349. The highest BCUT2D eigenvalue weighted by Gasteiger charge is 2.34. The summed E-state index contributed by atoms with van der Waals surface area (Å²) in [6.07, 6.45) is 4.79. The van der Waals surface area contributed by atoms with Crippen molar-refractivity contribution < 1.29 is 19.0 Å². The zero-order valence-electron chi connectivity index (χ0n) is 18.6. The van der Waals surface area contributed by atoms with Gasteiger partial charge in [0.05, 0.1) is 6.54 Å². The molecule has 0 atom stereocenters. The van der Waals surface area contributed by atoms with Gasteiger partial charge in [0.2, 0.25) is 0 Å². The number of aliphatic hydroxyl groups is 1. The van der Waals surface area contributed by atoms with Crippen LogP contribution in [0.5, 0.6) is 5.75 Å². The lowest BCUT2D eigenvalue weighted by molar-refractivity contribution is 0.0319. The van der Waals surface area contributed by atoms with Crippen molar-refractivity contribution in [1.29, 1.82) is 0 Å². The molecule has 3 heterocycles. The summed E-state index contributed by atoms with van der Waals surface area (Å²) in [4.78, 5) is 17.4. The second-order valence-corrected chi connectivity index (χ2v) is 9.15. The number of carbonyl (C=O) groups is 1. The lowest BCUT2D eigenvalue weighted by Crippen LogP contribution is -2.41. The first kappa shape index (κ1) is 22.7. The molecule has 1 fully saturated rings. The van der Waals surface area contributed by atoms with Gasteiger partial charge in [0.25, 0.3) is 5.91 Å². The number of aliphatic hydroxyl groups excluding tert-OH is 1.